The van der Waals surface area contributed by atoms with Crippen LogP contribution in [-0.2, 0) is 10.5 Å². The Morgan fingerprint density at radius 2 is 2.28 bits per heavy atom. The van der Waals surface area contributed by atoms with Gasteiger partial charge in [-0.2, -0.15) is 0 Å². The summed E-state index contributed by atoms with van der Waals surface area (Å²) in [5, 5.41) is 2.04. The van der Waals surface area contributed by atoms with Gasteiger partial charge in [-0.15, -0.1) is 0 Å². The number of nitrogens with zero attached hydrogens (tertiary/aromatic N) is 2. The summed E-state index contributed by atoms with van der Waals surface area (Å²) in [4.78, 5) is 17.4. The van der Waals surface area contributed by atoms with Gasteiger partial charge in [0.25, 0.3) is 0 Å². The smallest absolute Gasteiger partial charge is 0.225 e. The first-order valence-corrected chi connectivity index (χ1v) is 7.21. The van der Waals surface area contributed by atoms with E-state index in [-0.39, 0.29) is 5.91 Å². The maximum atomic E-state index is 11.4. The summed E-state index contributed by atoms with van der Waals surface area (Å²) in [5.41, 5.74) is 0.990. The number of amides is 1. The van der Waals surface area contributed by atoms with Crippen LogP contribution in [-0.4, -0.2) is 29.1 Å². The van der Waals surface area contributed by atoms with Crippen molar-refractivity contribution in [1.82, 2.24) is 4.90 Å². The first-order chi connectivity index (χ1) is 8.58. The molecule has 1 aliphatic rings. The molecule has 3 nitrogen and oxygen atoms in total. The fourth-order valence-corrected chi connectivity index (χ4v) is 3.27. The lowest BCUT2D eigenvalue weighted by atomic mass is 10.2. The quantitative estimate of drug-likeness (QED) is 0.838. The van der Waals surface area contributed by atoms with Crippen molar-refractivity contribution in [3.63, 3.8) is 0 Å². The first kappa shape index (κ1) is 13.7. The van der Waals surface area contributed by atoms with Gasteiger partial charge >= 0.3 is 0 Å². The third kappa shape index (κ3) is 3.19. The second-order valence-corrected chi connectivity index (χ2v) is 5.65. The normalized spacial score (nSPS) is 14.8. The fraction of sp³-hybridized carbons (Fsp3) is 0.333. The molecule has 6 heteroatoms. The number of benzene rings is 1. The molecule has 96 valence electrons. The van der Waals surface area contributed by atoms with E-state index in [2.05, 4.69) is 4.99 Å². The highest BCUT2D eigenvalue weighted by atomic mass is 35.5. The number of amidine groups is 1. The minimum atomic E-state index is 0.0287. The Hall–Kier alpha value is -0.710. The van der Waals surface area contributed by atoms with Gasteiger partial charge < -0.3 is 0 Å². The van der Waals surface area contributed by atoms with Gasteiger partial charge in [0.2, 0.25) is 5.91 Å². The van der Waals surface area contributed by atoms with Crippen LogP contribution in [0.15, 0.2) is 23.2 Å². The molecule has 0 atom stereocenters. The van der Waals surface area contributed by atoms with Gasteiger partial charge in [0.05, 0.1) is 6.54 Å². The van der Waals surface area contributed by atoms with Crippen molar-refractivity contribution in [3.8, 4) is 0 Å². The van der Waals surface area contributed by atoms with E-state index >= 15 is 0 Å². The van der Waals surface area contributed by atoms with Gasteiger partial charge in [0.1, 0.15) is 0 Å². The standard InChI is InChI=1S/C12H12Cl2N2OS/c1-8(17)16-5-4-15-12(16)18-7-9-2-3-10(13)6-11(9)14/h2-3,6H,4-5,7H2,1H3. The highest BCUT2D eigenvalue weighted by Gasteiger charge is 2.21. The molecule has 0 spiro atoms. The van der Waals surface area contributed by atoms with Gasteiger partial charge in [-0.05, 0) is 17.7 Å². The van der Waals surface area contributed by atoms with Gasteiger partial charge in [-0.25, -0.2) is 0 Å². The van der Waals surface area contributed by atoms with Crippen molar-refractivity contribution in [3.05, 3.63) is 33.8 Å². The Morgan fingerprint density at radius 3 is 2.94 bits per heavy atom. The minimum absolute atomic E-state index is 0.0287. The molecule has 0 radical (unpaired) electrons. The number of halogens is 2. The molecule has 1 aliphatic heterocycles. The predicted molar refractivity (Wildman–Crippen MR) is 77.4 cm³/mol. The number of carbonyl (C=O) groups excluding carboxylic acids is 1. The molecule has 18 heavy (non-hydrogen) atoms. The minimum Gasteiger partial charge on any atom is -0.290 e. The summed E-state index contributed by atoms with van der Waals surface area (Å²) < 4.78 is 0. The molecule has 2 rings (SSSR count). The summed E-state index contributed by atoms with van der Waals surface area (Å²) in [6.07, 6.45) is 0. The molecular weight excluding hydrogens is 291 g/mol. The zero-order chi connectivity index (χ0) is 13.1. The summed E-state index contributed by atoms with van der Waals surface area (Å²) >= 11 is 13.5. The third-order valence-electron chi connectivity index (χ3n) is 2.55. The molecule has 1 aromatic carbocycles. The lowest BCUT2D eigenvalue weighted by molar-refractivity contribution is -0.124. The van der Waals surface area contributed by atoms with E-state index in [1.54, 1.807) is 17.9 Å². The molecular formula is C12H12Cl2N2OS. The van der Waals surface area contributed by atoms with Gasteiger partial charge in [-0.1, -0.05) is 41.0 Å². The summed E-state index contributed by atoms with van der Waals surface area (Å²) in [6.45, 7) is 2.90. The monoisotopic (exact) mass is 302 g/mol. The predicted octanol–water partition coefficient (Wildman–Crippen LogP) is 3.44. The molecule has 0 aromatic heterocycles. The third-order valence-corrected chi connectivity index (χ3v) is 4.20. The maximum Gasteiger partial charge on any atom is 0.225 e. The van der Waals surface area contributed by atoms with Crippen LogP contribution in [0, 0.1) is 0 Å². The SMILES string of the molecule is CC(=O)N1CCN=C1SCc1ccc(Cl)cc1Cl. The lowest BCUT2D eigenvalue weighted by Crippen LogP contribution is -2.30. The largest absolute Gasteiger partial charge is 0.290 e. The topological polar surface area (TPSA) is 32.7 Å². The van der Waals surface area contributed by atoms with Crippen molar-refractivity contribution in [2.45, 2.75) is 12.7 Å². The molecule has 1 heterocycles. The second kappa shape index (κ2) is 5.95. The summed E-state index contributed by atoms with van der Waals surface area (Å²) in [5.74, 6) is 0.708. The van der Waals surface area contributed by atoms with Crippen molar-refractivity contribution in [2.75, 3.05) is 13.1 Å². The maximum absolute atomic E-state index is 11.4. The summed E-state index contributed by atoms with van der Waals surface area (Å²) in [6, 6.07) is 5.42. The van der Waals surface area contributed by atoms with E-state index in [4.69, 9.17) is 23.2 Å². The zero-order valence-electron chi connectivity index (χ0n) is 9.82. The first-order valence-electron chi connectivity index (χ1n) is 5.47. The van der Waals surface area contributed by atoms with E-state index < -0.39 is 0 Å². The van der Waals surface area contributed by atoms with Crippen LogP contribution in [0.5, 0.6) is 0 Å². The van der Waals surface area contributed by atoms with Crippen LogP contribution >= 0.6 is 35.0 Å². The molecule has 0 saturated carbocycles. The zero-order valence-corrected chi connectivity index (χ0v) is 12.1. The van der Waals surface area contributed by atoms with Crippen molar-refractivity contribution in [2.24, 2.45) is 4.99 Å². The van der Waals surface area contributed by atoms with Crippen LogP contribution < -0.4 is 0 Å². The number of aliphatic imine (C=N–C) groups is 1. The van der Waals surface area contributed by atoms with E-state index in [0.717, 1.165) is 10.7 Å². The molecule has 1 aromatic rings. The summed E-state index contributed by atoms with van der Waals surface area (Å²) in [7, 11) is 0. The Kier molecular flexibility index (Phi) is 4.54. The number of hydrogen-bond acceptors (Lipinski definition) is 3. The van der Waals surface area contributed by atoms with E-state index in [9.17, 15) is 4.79 Å². The van der Waals surface area contributed by atoms with Crippen LogP contribution in [0.4, 0.5) is 0 Å². The van der Waals surface area contributed by atoms with Crippen LogP contribution in [0.1, 0.15) is 12.5 Å². The fourth-order valence-electron chi connectivity index (χ4n) is 1.62. The number of thioether (sulfide) groups is 1. The molecule has 0 N–H and O–H groups in total. The number of carbonyl (C=O) groups is 1. The van der Waals surface area contributed by atoms with Crippen LogP contribution in [0.25, 0.3) is 0 Å². The molecule has 0 unspecified atom stereocenters. The highest BCUT2D eigenvalue weighted by molar-refractivity contribution is 8.13. The van der Waals surface area contributed by atoms with Gasteiger partial charge in [-0.3, -0.25) is 14.7 Å². The number of hydrogen-bond donors (Lipinski definition) is 0. The van der Waals surface area contributed by atoms with Crippen molar-refractivity contribution in [1.29, 1.82) is 0 Å². The molecule has 0 bridgehead atoms. The Bertz CT molecular complexity index is 505. The van der Waals surface area contributed by atoms with Crippen molar-refractivity contribution >= 4 is 46.0 Å². The Morgan fingerprint density at radius 1 is 1.50 bits per heavy atom. The molecule has 1 amide bonds. The molecule has 0 saturated heterocycles. The van der Waals surface area contributed by atoms with Crippen molar-refractivity contribution < 1.29 is 4.79 Å². The molecule has 0 aliphatic carbocycles. The average Bonchev–Trinajstić information content (AvgIpc) is 2.76. The van der Waals surface area contributed by atoms with Gasteiger partial charge in [0.15, 0.2) is 5.17 Å². The van der Waals surface area contributed by atoms with E-state index in [1.165, 1.54) is 11.8 Å². The van der Waals surface area contributed by atoms with Crippen LogP contribution in [0.3, 0.4) is 0 Å². The average molecular weight is 303 g/mol. The van der Waals surface area contributed by atoms with Gasteiger partial charge in [0, 0.05) is 29.3 Å². The lowest BCUT2D eigenvalue weighted by Gasteiger charge is -2.15. The Balaban J connectivity index is 2.01. The second-order valence-electron chi connectivity index (χ2n) is 3.86. The van der Waals surface area contributed by atoms with E-state index in [1.807, 2.05) is 12.1 Å². The highest BCUT2D eigenvalue weighted by Crippen LogP contribution is 2.26. The number of rotatable bonds is 2. The van der Waals surface area contributed by atoms with E-state index in [0.29, 0.717) is 28.9 Å². The molecule has 0 fully saturated rings. The Labute approximate surface area is 120 Å². The van der Waals surface area contributed by atoms with Crippen LogP contribution in [0.2, 0.25) is 10.0 Å².